The van der Waals surface area contributed by atoms with Crippen LogP contribution in [0.4, 0.5) is 4.39 Å². The van der Waals surface area contributed by atoms with Gasteiger partial charge in [0, 0.05) is 26.7 Å². The van der Waals surface area contributed by atoms with Crippen molar-refractivity contribution >= 4 is 39.8 Å². The van der Waals surface area contributed by atoms with Gasteiger partial charge in [0.2, 0.25) is 0 Å². The number of rotatable bonds is 2. The first-order chi connectivity index (χ1) is 10.7. The number of aromatic hydroxyl groups is 1. The maximum atomic E-state index is 13.3. The highest BCUT2D eigenvalue weighted by Crippen LogP contribution is 2.23. The van der Waals surface area contributed by atoms with E-state index in [-0.39, 0.29) is 35.5 Å². The predicted molar refractivity (Wildman–Crippen MR) is 103 cm³/mol. The Hall–Kier alpha value is -1.10. The summed E-state index contributed by atoms with van der Waals surface area (Å²) in [6.07, 6.45) is 0. The number of phenolic OH excluding ortho intramolecular Hbond substituents is 1. The van der Waals surface area contributed by atoms with Crippen LogP contribution in [0.5, 0.6) is 5.75 Å². The van der Waals surface area contributed by atoms with E-state index in [4.69, 9.17) is 0 Å². The van der Waals surface area contributed by atoms with E-state index in [1.54, 1.807) is 27.0 Å². The summed E-state index contributed by atoms with van der Waals surface area (Å²) >= 11 is 0. The van der Waals surface area contributed by atoms with Crippen LogP contribution >= 0.6 is 24.0 Å². The lowest BCUT2D eigenvalue weighted by Crippen LogP contribution is -2.57. The van der Waals surface area contributed by atoms with E-state index in [0.29, 0.717) is 31.2 Å². The van der Waals surface area contributed by atoms with Crippen molar-refractivity contribution in [2.24, 2.45) is 4.99 Å². The summed E-state index contributed by atoms with van der Waals surface area (Å²) in [5, 5.41) is 12.3. The summed E-state index contributed by atoms with van der Waals surface area (Å²) in [6.45, 7) is 4.45. The van der Waals surface area contributed by atoms with Gasteiger partial charge >= 0.3 is 0 Å². The van der Waals surface area contributed by atoms with E-state index in [1.807, 2.05) is 4.90 Å². The monoisotopic (exact) mass is 471 g/mol. The smallest absolute Gasteiger partial charge is 0.193 e. The molecule has 0 unspecified atom stereocenters. The summed E-state index contributed by atoms with van der Waals surface area (Å²) < 4.78 is 36.6. The largest absolute Gasteiger partial charge is 0.505 e. The Morgan fingerprint density at radius 3 is 2.67 bits per heavy atom. The van der Waals surface area contributed by atoms with Crippen LogP contribution in [-0.2, 0) is 16.4 Å². The third-order valence-electron chi connectivity index (χ3n) is 4.02. The average molecular weight is 471 g/mol. The molecule has 0 amide bonds. The molecular weight excluding hydrogens is 448 g/mol. The van der Waals surface area contributed by atoms with Crippen molar-refractivity contribution in [1.82, 2.24) is 10.2 Å². The highest BCUT2D eigenvalue weighted by Gasteiger charge is 2.40. The number of guanidine groups is 1. The van der Waals surface area contributed by atoms with E-state index in [0.717, 1.165) is 0 Å². The van der Waals surface area contributed by atoms with Crippen molar-refractivity contribution in [3.8, 4) is 5.75 Å². The zero-order chi connectivity index (χ0) is 17.3. The first-order valence-corrected chi connectivity index (χ1v) is 8.97. The number of nitrogens with zero attached hydrogens (tertiary/aromatic N) is 2. The van der Waals surface area contributed by atoms with Crippen molar-refractivity contribution < 1.29 is 17.9 Å². The van der Waals surface area contributed by atoms with Crippen LogP contribution in [-0.4, -0.2) is 55.0 Å². The minimum absolute atomic E-state index is 0. The van der Waals surface area contributed by atoms with Gasteiger partial charge in [0.1, 0.15) is 0 Å². The zero-order valence-electron chi connectivity index (χ0n) is 13.9. The highest BCUT2D eigenvalue weighted by molar-refractivity contribution is 14.0. The van der Waals surface area contributed by atoms with Gasteiger partial charge in [0.25, 0.3) is 0 Å². The van der Waals surface area contributed by atoms with E-state index < -0.39 is 20.4 Å². The number of sulfone groups is 1. The highest BCUT2D eigenvalue weighted by atomic mass is 127. The van der Waals surface area contributed by atoms with E-state index in [2.05, 4.69) is 10.3 Å². The Kier molecular flexibility index (Phi) is 6.85. The summed E-state index contributed by atoms with van der Waals surface area (Å²) in [5.74, 6) is -0.416. The van der Waals surface area contributed by atoms with Crippen LogP contribution < -0.4 is 5.32 Å². The van der Waals surface area contributed by atoms with Gasteiger partial charge in [-0.2, -0.15) is 0 Å². The fraction of sp³-hybridized carbons (Fsp3) is 0.533. The molecule has 1 saturated heterocycles. The molecule has 0 aliphatic carbocycles. The molecule has 24 heavy (non-hydrogen) atoms. The molecule has 1 aromatic rings. The Morgan fingerprint density at radius 2 is 2.12 bits per heavy atom. The Balaban J connectivity index is 0.00000288. The minimum Gasteiger partial charge on any atom is -0.505 e. The fourth-order valence-electron chi connectivity index (χ4n) is 2.50. The van der Waals surface area contributed by atoms with Gasteiger partial charge in [-0.25, -0.2) is 12.8 Å². The molecule has 2 N–H and O–H groups in total. The van der Waals surface area contributed by atoms with Crippen molar-refractivity contribution in [1.29, 1.82) is 0 Å². The van der Waals surface area contributed by atoms with Crippen LogP contribution in [0, 0.1) is 5.82 Å². The molecule has 0 bridgehead atoms. The number of phenols is 1. The molecule has 9 heteroatoms. The summed E-state index contributed by atoms with van der Waals surface area (Å²) in [6, 6.07) is 4.16. The Bertz CT molecular complexity index is 723. The molecular formula is C15H23FIN3O3S. The quantitative estimate of drug-likeness (QED) is 0.390. The average Bonchev–Trinajstić information content (AvgIpc) is 2.47. The molecule has 0 atom stereocenters. The van der Waals surface area contributed by atoms with Crippen molar-refractivity contribution in [2.45, 2.75) is 25.1 Å². The summed E-state index contributed by atoms with van der Waals surface area (Å²) in [7, 11) is -1.49. The lowest BCUT2D eigenvalue weighted by Gasteiger charge is -2.39. The molecule has 0 saturated carbocycles. The number of halogens is 2. The third-order valence-corrected chi connectivity index (χ3v) is 6.55. The van der Waals surface area contributed by atoms with Gasteiger partial charge in [-0.15, -0.1) is 24.0 Å². The number of benzene rings is 1. The molecule has 1 aromatic carbocycles. The van der Waals surface area contributed by atoms with Crippen molar-refractivity contribution in [3.05, 3.63) is 29.6 Å². The second-order valence-corrected chi connectivity index (χ2v) is 8.93. The van der Waals surface area contributed by atoms with Crippen LogP contribution in [0.25, 0.3) is 0 Å². The summed E-state index contributed by atoms with van der Waals surface area (Å²) in [4.78, 5) is 6.06. The van der Waals surface area contributed by atoms with Crippen molar-refractivity contribution in [3.63, 3.8) is 0 Å². The standard InChI is InChI=1S/C15H22FN3O3S.HI/c1-15(2)10-19(6-7-23(15,21)22)14(17-3)18-9-11-4-5-13(20)12(16)8-11;/h4-5,8,20H,6-7,9-10H2,1-3H3,(H,17,18);1H. The Morgan fingerprint density at radius 1 is 1.46 bits per heavy atom. The van der Waals surface area contributed by atoms with Crippen LogP contribution in [0.2, 0.25) is 0 Å². The number of hydrogen-bond donors (Lipinski definition) is 2. The number of nitrogens with one attached hydrogen (secondary N) is 1. The van der Waals surface area contributed by atoms with E-state index in [9.17, 15) is 17.9 Å². The first kappa shape index (κ1) is 20.9. The molecule has 1 fully saturated rings. The number of aliphatic imine (C=N–C) groups is 1. The van der Waals surface area contributed by atoms with Crippen LogP contribution in [0.15, 0.2) is 23.2 Å². The normalized spacial score (nSPS) is 19.5. The predicted octanol–water partition coefficient (Wildman–Crippen LogP) is 1.73. The molecule has 1 aliphatic rings. The first-order valence-electron chi connectivity index (χ1n) is 7.31. The molecule has 136 valence electrons. The van der Waals surface area contributed by atoms with Gasteiger partial charge in [-0.1, -0.05) is 6.07 Å². The number of hydrogen-bond acceptors (Lipinski definition) is 4. The fourth-order valence-corrected chi connectivity index (χ4v) is 3.86. The molecule has 1 heterocycles. The van der Waals surface area contributed by atoms with E-state index >= 15 is 0 Å². The summed E-state index contributed by atoms with van der Waals surface area (Å²) in [5.41, 5.74) is 0.658. The Labute approximate surface area is 159 Å². The topological polar surface area (TPSA) is 82.0 Å². The van der Waals surface area contributed by atoms with Gasteiger partial charge in [0.15, 0.2) is 27.4 Å². The van der Waals surface area contributed by atoms with Gasteiger partial charge in [-0.3, -0.25) is 4.99 Å². The van der Waals surface area contributed by atoms with E-state index in [1.165, 1.54) is 12.1 Å². The van der Waals surface area contributed by atoms with Gasteiger partial charge < -0.3 is 15.3 Å². The lowest BCUT2D eigenvalue weighted by molar-refractivity contribution is 0.353. The zero-order valence-corrected chi connectivity index (χ0v) is 17.1. The third kappa shape index (κ3) is 4.50. The molecule has 6 nitrogen and oxygen atoms in total. The second kappa shape index (κ2) is 7.85. The molecule has 2 rings (SSSR count). The van der Waals surface area contributed by atoms with Crippen LogP contribution in [0.3, 0.4) is 0 Å². The van der Waals surface area contributed by atoms with Crippen LogP contribution in [0.1, 0.15) is 19.4 Å². The van der Waals surface area contributed by atoms with Gasteiger partial charge in [-0.05, 0) is 31.5 Å². The molecule has 0 aromatic heterocycles. The molecule has 0 radical (unpaired) electrons. The minimum atomic E-state index is -3.11. The maximum absolute atomic E-state index is 13.3. The SMILES string of the molecule is CN=C(NCc1ccc(O)c(F)c1)N1CCS(=O)(=O)C(C)(C)C1.I. The second-order valence-electron chi connectivity index (χ2n) is 6.19. The maximum Gasteiger partial charge on any atom is 0.193 e. The molecule has 0 spiro atoms. The molecule has 1 aliphatic heterocycles. The lowest BCUT2D eigenvalue weighted by atomic mass is 10.2. The van der Waals surface area contributed by atoms with Crippen molar-refractivity contribution in [2.75, 3.05) is 25.9 Å². The van der Waals surface area contributed by atoms with Gasteiger partial charge in [0.05, 0.1) is 10.5 Å².